The molecule has 3 rings (SSSR count). The smallest absolute Gasteiger partial charge is 0.290 e. The number of aryl methyl sites for hydroxylation is 1. The van der Waals surface area contributed by atoms with E-state index in [2.05, 4.69) is 21.2 Å². The molecule has 6 heteroatoms. The van der Waals surface area contributed by atoms with Crippen LogP contribution in [0.25, 0.3) is 6.08 Å². The molecule has 24 heavy (non-hydrogen) atoms. The molecule has 0 aliphatic carbocycles. The van der Waals surface area contributed by atoms with Gasteiger partial charge in [0.15, 0.2) is 0 Å². The van der Waals surface area contributed by atoms with Crippen molar-refractivity contribution in [1.82, 2.24) is 5.32 Å². The molecule has 2 amide bonds. The van der Waals surface area contributed by atoms with E-state index >= 15 is 0 Å². The van der Waals surface area contributed by atoms with Crippen LogP contribution in [0.2, 0.25) is 0 Å². The Morgan fingerprint density at radius 1 is 1.21 bits per heavy atom. The second-order valence-electron chi connectivity index (χ2n) is 5.25. The zero-order valence-corrected chi connectivity index (χ0v) is 15.2. The Bertz CT molecular complexity index is 848. The topological polar surface area (TPSA) is 55.4 Å². The zero-order chi connectivity index (χ0) is 17.1. The first-order valence-corrected chi connectivity index (χ1v) is 8.85. The fourth-order valence-corrected chi connectivity index (χ4v) is 3.31. The van der Waals surface area contributed by atoms with Crippen LogP contribution in [0.15, 0.2) is 51.8 Å². The van der Waals surface area contributed by atoms with Crippen molar-refractivity contribution in [2.45, 2.75) is 13.5 Å². The van der Waals surface area contributed by atoms with Crippen LogP contribution in [0.1, 0.15) is 16.7 Å². The van der Waals surface area contributed by atoms with Crippen LogP contribution in [0.4, 0.5) is 4.79 Å². The van der Waals surface area contributed by atoms with E-state index in [1.165, 1.54) is 0 Å². The number of amides is 2. The average molecular weight is 404 g/mol. The molecule has 1 saturated heterocycles. The minimum absolute atomic E-state index is 0.358. The fourth-order valence-electron chi connectivity index (χ4n) is 2.25. The number of ether oxygens (including phenoxy) is 1. The van der Waals surface area contributed by atoms with Gasteiger partial charge in [-0.1, -0.05) is 40.2 Å². The van der Waals surface area contributed by atoms with Gasteiger partial charge >= 0.3 is 0 Å². The molecule has 0 radical (unpaired) electrons. The highest BCUT2D eigenvalue weighted by molar-refractivity contribution is 9.10. The molecule has 0 aromatic heterocycles. The van der Waals surface area contributed by atoms with Crippen LogP contribution < -0.4 is 10.1 Å². The normalized spacial score (nSPS) is 15.7. The SMILES string of the molecule is Cc1ccccc1COc1ccc(Br)cc1/C=C1\SC(=O)NC1=O. The van der Waals surface area contributed by atoms with Gasteiger partial charge in [0, 0.05) is 10.0 Å². The van der Waals surface area contributed by atoms with E-state index in [1.54, 1.807) is 6.08 Å². The predicted octanol–water partition coefficient (Wildman–Crippen LogP) is 4.66. The number of carbonyl (C=O) groups excluding carboxylic acids is 2. The van der Waals surface area contributed by atoms with Gasteiger partial charge in [-0.2, -0.15) is 0 Å². The van der Waals surface area contributed by atoms with E-state index in [4.69, 9.17) is 4.74 Å². The second kappa shape index (κ2) is 7.23. The van der Waals surface area contributed by atoms with Crippen LogP contribution >= 0.6 is 27.7 Å². The van der Waals surface area contributed by atoms with Crippen molar-refractivity contribution in [2.24, 2.45) is 0 Å². The molecule has 2 aromatic rings. The molecule has 1 fully saturated rings. The minimum Gasteiger partial charge on any atom is -0.488 e. The lowest BCUT2D eigenvalue weighted by Crippen LogP contribution is -2.17. The zero-order valence-electron chi connectivity index (χ0n) is 12.8. The molecular weight excluding hydrogens is 390 g/mol. The van der Waals surface area contributed by atoms with Gasteiger partial charge in [-0.25, -0.2) is 0 Å². The monoisotopic (exact) mass is 403 g/mol. The van der Waals surface area contributed by atoms with Crippen LogP contribution in [0.5, 0.6) is 5.75 Å². The third kappa shape index (κ3) is 3.88. The third-order valence-electron chi connectivity index (χ3n) is 3.54. The summed E-state index contributed by atoms with van der Waals surface area (Å²) in [6, 6.07) is 13.6. The first-order valence-electron chi connectivity index (χ1n) is 7.24. The van der Waals surface area contributed by atoms with Crippen molar-refractivity contribution in [3.63, 3.8) is 0 Å². The number of imide groups is 1. The summed E-state index contributed by atoms with van der Waals surface area (Å²) >= 11 is 4.31. The molecule has 1 heterocycles. The Morgan fingerprint density at radius 2 is 2.00 bits per heavy atom. The van der Waals surface area contributed by atoms with Gasteiger partial charge in [-0.05, 0) is 54.1 Å². The molecule has 2 aromatic carbocycles. The molecule has 1 aliphatic heterocycles. The summed E-state index contributed by atoms with van der Waals surface area (Å²) in [4.78, 5) is 23.4. The molecule has 0 atom stereocenters. The lowest BCUT2D eigenvalue weighted by molar-refractivity contribution is -0.115. The average Bonchev–Trinajstić information content (AvgIpc) is 2.85. The van der Waals surface area contributed by atoms with E-state index in [0.29, 0.717) is 17.3 Å². The first kappa shape index (κ1) is 16.8. The summed E-state index contributed by atoms with van der Waals surface area (Å²) in [5.74, 6) is 0.275. The first-order chi connectivity index (χ1) is 11.5. The van der Waals surface area contributed by atoms with Gasteiger partial charge in [-0.3, -0.25) is 14.9 Å². The molecule has 1 aliphatic rings. The highest BCUT2D eigenvalue weighted by atomic mass is 79.9. The van der Waals surface area contributed by atoms with Crippen molar-refractivity contribution >= 4 is 44.9 Å². The molecule has 0 saturated carbocycles. The maximum absolute atomic E-state index is 11.7. The van der Waals surface area contributed by atoms with Crippen LogP contribution in [0.3, 0.4) is 0 Å². The number of hydrogen-bond donors (Lipinski definition) is 1. The summed E-state index contributed by atoms with van der Waals surface area (Å²) in [6.07, 6.45) is 1.67. The molecule has 0 spiro atoms. The highest BCUT2D eigenvalue weighted by Gasteiger charge is 2.25. The predicted molar refractivity (Wildman–Crippen MR) is 98.8 cm³/mol. The Morgan fingerprint density at radius 3 is 2.71 bits per heavy atom. The summed E-state index contributed by atoms with van der Waals surface area (Å²) in [5.41, 5.74) is 3.00. The largest absolute Gasteiger partial charge is 0.488 e. The maximum Gasteiger partial charge on any atom is 0.290 e. The molecule has 1 N–H and O–H groups in total. The van der Waals surface area contributed by atoms with E-state index in [-0.39, 0.29) is 11.1 Å². The Kier molecular flexibility index (Phi) is 5.06. The van der Waals surface area contributed by atoms with E-state index < -0.39 is 0 Å². The van der Waals surface area contributed by atoms with Gasteiger partial charge in [0.25, 0.3) is 11.1 Å². The summed E-state index contributed by atoms with van der Waals surface area (Å²) in [5, 5.41) is 1.89. The third-order valence-corrected chi connectivity index (χ3v) is 4.85. The molecule has 0 unspecified atom stereocenters. The van der Waals surface area contributed by atoms with Crippen molar-refractivity contribution in [3.05, 3.63) is 68.5 Å². The summed E-state index contributed by atoms with van der Waals surface area (Å²) in [6.45, 7) is 2.47. The molecular formula is C18H14BrNO3S. The maximum atomic E-state index is 11.7. The van der Waals surface area contributed by atoms with E-state index in [1.807, 2.05) is 49.4 Å². The number of rotatable bonds is 4. The van der Waals surface area contributed by atoms with Gasteiger partial charge < -0.3 is 4.74 Å². The number of halogens is 1. The Labute approximate surface area is 152 Å². The van der Waals surface area contributed by atoms with Crippen molar-refractivity contribution in [3.8, 4) is 5.75 Å². The summed E-state index contributed by atoms with van der Waals surface area (Å²) < 4.78 is 6.81. The van der Waals surface area contributed by atoms with E-state index in [9.17, 15) is 9.59 Å². The quantitative estimate of drug-likeness (QED) is 0.754. The number of carbonyl (C=O) groups is 2. The number of thioether (sulfide) groups is 1. The molecule has 0 bridgehead atoms. The van der Waals surface area contributed by atoms with Crippen molar-refractivity contribution < 1.29 is 14.3 Å². The van der Waals surface area contributed by atoms with Gasteiger partial charge in [0.05, 0.1) is 4.91 Å². The fraction of sp³-hybridized carbons (Fsp3) is 0.111. The van der Waals surface area contributed by atoms with Crippen molar-refractivity contribution in [1.29, 1.82) is 0 Å². The van der Waals surface area contributed by atoms with Crippen molar-refractivity contribution in [2.75, 3.05) is 0 Å². The van der Waals surface area contributed by atoms with E-state index in [0.717, 1.165) is 32.9 Å². The highest BCUT2D eigenvalue weighted by Crippen LogP contribution is 2.31. The lowest BCUT2D eigenvalue weighted by atomic mass is 10.1. The lowest BCUT2D eigenvalue weighted by Gasteiger charge is -2.11. The number of benzene rings is 2. The number of hydrogen-bond acceptors (Lipinski definition) is 4. The minimum atomic E-state index is -0.380. The van der Waals surface area contributed by atoms with Crippen LogP contribution in [0, 0.1) is 6.92 Å². The van der Waals surface area contributed by atoms with Gasteiger partial charge in [0.2, 0.25) is 0 Å². The Hall–Kier alpha value is -2.05. The van der Waals surface area contributed by atoms with Gasteiger partial charge in [0.1, 0.15) is 12.4 Å². The number of nitrogens with one attached hydrogen (secondary N) is 1. The Balaban J connectivity index is 1.86. The second-order valence-corrected chi connectivity index (χ2v) is 7.18. The summed E-state index contributed by atoms with van der Waals surface area (Å²) in [7, 11) is 0. The standard InChI is InChI=1S/C18H14BrNO3S/c1-11-4-2-3-5-12(11)10-23-15-7-6-14(19)8-13(15)9-16-17(21)20-18(22)24-16/h2-9H,10H2,1H3,(H,20,21,22)/b16-9-. The van der Waals surface area contributed by atoms with Crippen LogP contribution in [-0.4, -0.2) is 11.1 Å². The van der Waals surface area contributed by atoms with Gasteiger partial charge in [-0.15, -0.1) is 0 Å². The van der Waals surface area contributed by atoms with Crippen LogP contribution in [-0.2, 0) is 11.4 Å². The molecule has 122 valence electrons. The molecule has 4 nitrogen and oxygen atoms in total.